The number of benzene rings is 1. The van der Waals surface area contributed by atoms with Crippen LogP contribution in [0.4, 0.5) is 0 Å². The maximum atomic E-state index is 5.45. The van der Waals surface area contributed by atoms with Gasteiger partial charge in [0.2, 0.25) is 0 Å². The number of ether oxygens (including phenoxy) is 1. The molecule has 3 heteroatoms. The van der Waals surface area contributed by atoms with Crippen molar-refractivity contribution in [3.05, 3.63) is 30.3 Å². The van der Waals surface area contributed by atoms with E-state index >= 15 is 0 Å². The van der Waals surface area contributed by atoms with Crippen LogP contribution in [0.1, 0.15) is 32.6 Å². The molecular formula is C17H25NOS. The van der Waals surface area contributed by atoms with E-state index in [-0.39, 0.29) is 0 Å². The first-order valence-corrected chi connectivity index (χ1v) is 8.64. The summed E-state index contributed by atoms with van der Waals surface area (Å²) < 4.78 is 5.91. The summed E-state index contributed by atoms with van der Waals surface area (Å²) in [7, 11) is 0. The van der Waals surface area contributed by atoms with Crippen molar-refractivity contribution in [2.45, 2.75) is 48.3 Å². The van der Waals surface area contributed by atoms with Crippen molar-refractivity contribution in [3.63, 3.8) is 0 Å². The van der Waals surface area contributed by atoms with Crippen LogP contribution in [-0.2, 0) is 4.74 Å². The molecule has 1 N–H and O–H groups in total. The monoisotopic (exact) mass is 291 g/mol. The molecule has 2 nitrogen and oxygen atoms in total. The average Bonchev–Trinajstić information content (AvgIpc) is 3.27. The maximum Gasteiger partial charge on any atom is 0.0469 e. The molecule has 1 atom stereocenters. The molecule has 20 heavy (non-hydrogen) atoms. The molecule has 0 bridgehead atoms. The minimum absolute atomic E-state index is 0.459. The van der Waals surface area contributed by atoms with Crippen molar-refractivity contribution < 1.29 is 4.74 Å². The predicted octanol–water partition coefficient (Wildman–Crippen LogP) is 3.72. The third-order valence-corrected chi connectivity index (χ3v) is 6.10. The predicted molar refractivity (Wildman–Crippen MR) is 85.3 cm³/mol. The van der Waals surface area contributed by atoms with Crippen LogP contribution >= 0.6 is 11.8 Å². The van der Waals surface area contributed by atoms with E-state index in [1.807, 2.05) is 0 Å². The molecular weight excluding hydrogens is 266 g/mol. The smallest absolute Gasteiger partial charge is 0.0469 e. The first kappa shape index (κ1) is 14.4. The summed E-state index contributed by atoms with van der Waals surface area (Å²) in [6, 6.07) is 11.4. The molecule has 110 valence electrons. The van der Waals surface area contributed by atoms with E-state index in [0.29, 0.717) is 10.8 Å². The maximum absolute atomic E-state index is 5.45. The highest BCUT2D eigenvalue weighted by Gasteiger charge is 2.43. The highest BCUT2D eigenvalue weighted by atomic mass is 32.2. The van der Waals surface area contributed by atoms with Gasteiger partial charge in [-0.25, -0.2) is 0 Å². The normalized spacial score (nSPS) is 23.4. The zero-order valence-electron chi connectivity index (χ0n) is 12.3. The second-order valence-electron chi connectivity index (χ2n) is 6.22. The Hall–Kier alpha value is -0.510. The Bertz CT molecular complexity index is 412. The number of nitrogens with one attached hydrogen (secondary N) is 1. The van der Waals surface area contributed by atoms with E-state index in [4.69, 9.17) is 4.74 Å². The van der Waals surface area contributed by atoms with Crippen LogP contribution in [0.5, 0.6) is 0 Å². The summed E-state index contributed by atoms with van der Waals surface area (Å²) in [6.07, 6.45) is 5.13. The Morgan fingerprint density at radius 1 is 1.25 bits per heavy atom. The molecule has 3 rings (SSSR count). The summed E-state index contributed by atoms with van der Waals surface area (Å²) in [5.74, 6) is 0.793. The van der Waals surface area contributed by atoms with Crippen LogP contribution in [0, 0.1) is 5.92 Å². The summed E-state index contributed by atoms with van der Waals surface area (Å²) in [4.78, 5) is 1.41. The molecule has 0 spiro atoms. The fourth-order valence-corrected chi connectivity index (χ4v) is 4.18. The van der Waals surface area contributed by atoms with Crippen molar-refractivity contribution >= 4 is 11.8 Å². The van der Waals surface area contributed by atoms with Crippen LogP contribution in [0.15, 0.2) is 35.2 Å². The van der Waals surface area contributed by atoms with Gasteiger partial charge in [0.05, 0.1) is 0 Å². The highest BCUT2D eigenvalue weighted by molar-refractivity contribution is 8.01. The summed E-state index contributed by atoms with van der Waals surface area (Å²) in [6.45, 7) is 5.38. The van der Waals surface area contributed by atoms with Gasteiger partial charge in [0.25, 0.3) is 0 Å². The largest absolute Gasteiger partial charge is 0.381 e. The lowest BCUT2D eigenvalue weighted by molar-refractivity contribution is 0.0560. The number of rotatable bonds is 6. The van der Waals surface area contributed by atoms with Gasteiger partial charge < -0.3 is 10.1 Å². The van der Waals surface area contributed by atoms with Gasteiger partial charge in [-0.3, -0.25) is 0 Å². The second-order valence-corrected chi connectivity index (χ2v) is 7.76. The van der Waals surface area contributed by atoms with Gasteiger partial charge in [0.15, 0.2) is 0 Å². The van der Waals surface area contributed by atoms with Crippen LogP contribution in [0.3, 0.4) is 0 Å². The van der Waals surface area contributed by atoms with E-state index in [1.54, 1.807) is 0 Å². The highest BCUT2D eigenvalue weighted by Crippen LogP contribution is 2.51. The van der Waals surface area contributed by atoms with Gasteiger partial charge in [0.1, 0.15) is 0 Å². The summed E-state index contributed by atoms with van der Waals surface area (Å²) in [5, 5.41) is 3.80. The molecule has 1 aromatic rings. The number of hydrogen-bond donors (Lipinski definition) is 1. The fourth-order valence-electron chi connectivity index (χ4n) is 2.92. The van der Waals surface area contributed by atoms with Gasteiger partial charge in [-0.05, 0) is 50.7 Å². The Morgan fingerprint density at radius 3 is 2.60 bits per heavy atom. The van der Waals surface area contributed by atoms with E-state index in [1.165, 1.54) is 30.6 Å². The standard InChI is InChI=1S/C17H25NOS/c1-14(15-7-11-19-12-8-15)18-13-17(9-10-17)20-16-5-3-2-4-6-16/h2-6,14-15,18H,7-13H2,1H3/t14-/m0/s1. The van der Waals surface area contributed by atoms with Gasteiger partial charge in [-0.2, -0.15) is 0 Å². The SMILES string of the molecule is C[C@H](NCC1(Sc2ccccc2)CC1)C1CCOCC1. The lowest BCUT2D eigenvalue weighted by Gasteiger charge is -2.30. The number of hydrogen-bond acceptors (Lipinski definition) is 3. The lowest BCUT2D eigenvalue weighted by atomic mass is 9.93. The zero-order chi connectivity index (χ0) is 13.8. The van der Waals surface area contributed by atoms with Gasteiger partial charge >= 0.3 is 0 Å². The van der Waals surface area contributed by atoms with E-state index in [0.717, 1.165) is 25.7 Å². The number of thioether (sulfide) groups is 1. The van der Waals surface area contributed by atoms with Crippen LogP contribution < -0.4 is 5.32 Å². The van der Waals surface area contributed by atoms with E-state index in [2.05, 4.69) is 54.3 Å². The fraction of sp³-hybridized carbons (Fsp3) is 0.647. The molecule has 2 fully saturated rings. The molecule has 2 aliphatic rings. The zero-order valence-corrected chi connectivity index (χ0v) is 13.1. The van der Waals surface area contributed by atoms with Crippen molar-refractivity contribution in [2.75, 3.05) is 19.8 Å². The summed E-state index contributed by atoms with van der Waals surface area (Å²) >= 11 is 2.06. The third-order valence-electron chi connectivity index (χ3n) is 4.60. The molecule has 1 aliphatic heterocycles. The molecule has 1 aromatic carbocycles. The Labute approximate surface area is 126 Å². The van der Waals surface area contributed by atoms with Crippen molar-refractivity contribution in [2.24, 2.45) is 5.92 Å². The van der Waals surface area contributed by atoms with Crippen molar-refractivity contribution in [1.29, 1.82) is 0 Å². The van der Waals surface area contributed by atoms with Crippen LogP contribution in [0.25, 0.3) is 0 Å². The Kier molecular flexibility index (Phi) is 4.69. The Morgan fingerprint density at radius 2 is 1.95 bits per heavy atom. The van der Waals surface area contributed by atoms with E-state index < -0.39 is 0 Å². The molecule has 0 aromatic heterocycles. The molecule has 0 radical (unpaired) electrons. The molecule has 1 saturated carbocycles. The van der Waals surface area contributed by atoms with Crippen LogP contribution in [0.2, 0.25) is 0 Å². The minimum Gasteiger partial charge on any atom is -0.381 e. The topological polar surface area (TPSA) is 21.3 Å². The van der Waals surface area contributed by atoms with E-state index in [9.17, 15) is 0 Å². The van der Waals surface area contributed by atoms with Crippen molar-refractivity contribution in [1.82, 2.24) is 5.32 Å². The van der Waals surface area contributed by atoms with Gasteiger partial charge in [0, 0.05) is 35.4 Å². The van der Waals surface area contributed by atoms with Gasteiger partial charge in [-0.1, -0.05) is 18.2 Å². The van der Waals surface area contributed by atoms with Crippen LogP contribution in [-0.4, -0.2) is 30.5 Å². The van der Waals surface area contributed by atoms with Gasteiger partial charge in [-0.15, -0.1) is 11.8 Å². The molecule has 0 amide bonds. The molecule has 1 aliphatic carbocycles. The second kappa shape index (κ2) is 6.50. The first-order chi connectivity index (χ1) is 9.77. The molecule has 1 heterocycles. The summed E-state index contributed by atoms with van der Waals surface area (Å²) in [5.41, 5.74) is 0. The van der Waals surface area contributed by atoms with Crippen molar-refractivity contribution in [3.8, 4) is 0 Å². The quantitative estimate of drug-likeness (QED) is 0.863. The Balaban J connectivity index is 1.47. The minimum atomic E-state index is 0.459. The molecule has 1 saturated heterocycles. The lowest BCUT2D eigenvalue weighted by Crippen LogP contribution is -2.40. The first-order valence-electron chi connectivity index (χ1n) is 7.83. The third kappa shape index (κ3) is 3.78. The molecule has 0 unspecified atom stereocenters. The average molecular weight is 291 g/mol.